The average molecular weight is 263 g/mol. The van der Waals surface area contributed by atoms with Crippen molar-refractivity contribution in [2.24, 2.45) is 5.92 Å². The lowest BCUT2D eigenvalue weighted by Gasteiger charge is -2.49. The fourth-order valence-electron chi connectivity index (χ4n) is 2.89. The van der Waals surface area contributed by atoms with Crippen molar-refractivity contribution in [2.75, 3.05) is 25.2 Å². The van der Waals surface area contributed by atoms with Gasteiger partial charge in [-0.2, -0.15) is 0 Å². The number of fused-ring (bicyclic) bond motifs is 1. The molecule has 1 aliphatic heterocycles. The highest BCUT2D eigenvalue weighted by atomic mass is 16.5. The van der Waals surface area contributed by atoms with Crippen LogP contribution in [0.25, 0.3) is 0 Å². The monoisotopic (exact) mass is 263 g/mol. The van der Waals surface area contributed by atoms with E-state index in [0.717, 1.165) is 25.1 Å². The summed E-state index contributed by atoms with van der Waals surface area (Å²) in [5.74, 6) is 1.49. The van der Waals surface area contributed by atoms with Crippen LogP contribution in [0.4, 0.5) is 5.69 Å². The van der Waals surface area contributed by atoms with E-state index in [4.69, 9.17) is 9.84 Å². The summed E-state index contributed by atoms with van der Waals surface area (Å²) >= 11 is 0. The number of benzene rings is 1. The van der Waals surface area contributed by atoms with Crippen LogP contribution in [0.5, 0.6) is 5.75 Å². The zero-order chi connectivity index (χ0) is 14.0. The maximum absolute atomic E-state index is 9.13. The number of rotatable bonds is 4. The predicted molar refractivity (Wildman–Crippen MR) is 79.0 cm³/mol. The lowest BCUT2D eigenvalue weighted by atomic mass is 9.78. The molecule has 0 bridgehead atoms. The fourth-order valence-corrected chi connectivity index (χ4v) is 2.89. The van der Waals surface area contributed by atoms with Crippen LogP contribution in [0.3, 0.4) is 0 Å². The van der Waals surface area contributed by atoms with Crippen LogP contribution in [0.1, 0.15) is 32.8 Å². The van der Waals surface area contributed by atoms with E-state index >= 15 is 0 Å². The molecule has 106 valence electrons. The SMILES string of the molecule is COc1ccc2c(c1)N(CCCO)C(C)(C)C(C)C2. The lowest BCUT2D eigenvalue weighted by molar-refractivity contribution is 0.264. The van der Waals surface area contributed by atoms with Crippen molar-refractivity contribution in [3.05, 3.63) is 23.8 Å². The van der Waals surface area contributed by atoms with Crippen molar-refractivity contribution >= 4 is 5.69 Å². The highest BCUT2D eigenvalue weighted by Gasteiger charge is 2.38. The molecule has 19 heavy (non-hydrogen) atoms. The Bertz CT molecular complexity index is 442. The molecule has 0 fully saturated rings. The van der Waals surface area contributed by atoms with Crippen molar-refractivity contribution in [1.29, 1.82) is 0 Å². The minimum absolute atomic E-state index is 0.106. The Morgan fingerprint density at radius 2 is 2.16 bits per heavy atom. The van der Waals surface area contributed by atoms with Gasteiger partial charge in [0.25, 0.3) is 0 Å². The quantitative estimate of drug-likeness (QED) is 0.906. The summed E-state index contributed by atoms with van der Waals surface area (Å²) in [5, 5.41) is 9.13. The summed E-state index contributed by atoms with van der Waals surface area (Å²) in [6, 6.07) is 6.33. The van der Waals surface area contributed by atoms with Crippen molar-refractivity contribution in [2.45, 2.75) is 39.2 Å². The molecule has 1 atom stereocenters. The molecule has 0 aliphatic carbocycles. The average Bonchev–Trinajstić information content (AvgIpc) is 2.39. The summed E-state index contributed by atoms with van der Waals surface area (Å²) in [5.41, 5.74) is 2.75. The van der Waals surface area contributed by atoms with Crippen LogP contribution >= 0.6 is 0 Å². The number of ether oxygens (including phenoxy) is 1. The smallest absolute Gasteiger partial charge is 0.120 e. The zero-order valence-electron chi connectivity index (χ0n) is 12.4. The Labute approximate surface area is 116 Å². The van der Waals surface area contributed by atoms with E-state index in [1.807, 2.05) is 6.07 Å². The van der Waals surface area contributed by atoms with Gasteiger partial charge in [-0.25, -0.2) is 0 Å². The fraction of sp³-hybridized carbons (Fsp3) is 0.625. The molecule has 0 amide bonds. The predicted octanol–water partition coefficient (Wildman–Crippen LogP) is 2.85. The Balaban J connectivity index is 2.42. The standard InChI is InChI=1S/C16H25NO2/c1-12-10-13-6-7-14(19-4)11-15(13)17(8-5-9-18)16(12,2)3/h6-7,11-12,18H,5,8-10H2,1-4H3. The minimum atomic E-state index is 0.106. The van der Waals surface area contributed by atoms with Crippen molar-refractivity contribution in [3.8, 4) is 5.75 Å². The highest BCUT2D eigenvalue weighted by molar-refractivity contribution is 5.61. The largest absolute Gasteiger partial charge is 0.497 e. The Kier molecular flexibility index (Phi) is 4.04. The molecule has 3 heteroatoms. The topological polar surface area (TPSA) is 32.7 Å². The molecule has 0 saturated carbocycles. The van der Waals surface area contributed by atoms with E-state index in [2.05, 4.69) is 37.8 Å². The Hall–Kier alpha value is -1.22. The third-order valence-electron chi connectivity index (χ3n) is 4.55. The molecule has 0 aromatic heterocycles. The van der Waals surface area contributed by atoms with Crippen molar-refractivity contribution < 1.29 is 9.84 Å². The number of nitrogens with zero attached hydrogens (tertiary/aromatic N) is 1. The van der Waals surface area contributed by atoms with Gasteiger partial charge in [0.1, 0.15) is 5.75 Å². The molecule has 0 spiro atoms. The molecule has 1 aliphatic rings. The Morgan fingerprint density at radius 1 is 1.42 bits per heavy atom. The summed E-state index contributed by atoms with van der Waals surface area (Å²) in [6.07, 6.45) is 1.90. The van der Waals surface area contributed by atoms with Crippen LogP contribution in [-0.2, 0) is 6.42 Å². The van der Waals surface area contributed by atoms with Crippen LogP contribution in [-0.4, -0.2) is 30.9 Å². The summed E-state index contributed by atoms with van der Waals surface area (Å²) in [7, 11) is 1.70. The molecule has 0 radical (unpaired) electrons. The van der Waals surface area contributed by atoms with Gasteiger partial charge in [0.15, 0.2) is 0 Å². The molecule has 1 aromatic rings. The summed E-state index contributed by atoms with van der Waals surface area (Å²) < 4.78 is 5.35. The Morgan fingerprint density at radius 3 is 2.79 bits per heavy atom. The second-order valence-electron chi connectivity index (χ2n) is 5.98. The van der Waals surface area contributed by atoms with Gasteiger partial charge in [-0.1, -0.05) is 13.0 Å². The molecule has 1 unspecified atom stereocenters. The van der Waals surface area contributed by atoms with E-state index in [1.54, 1.807) is 7.11 Å². The van der Waals surface area contributed by atoms with Crippen LogP contribution in [0.2, 0.25) is 0 Å². The van der Waals surface area contributed by atoms with E-state index in [-0.39, 0.29) is 12.1 Å². The van der Waals surface area contributed by atoms with Gasteiger partial charge in [0.2, 0.25) is 0 Å². The number of anilines is 1. The first-order valence-electron chi connectivity index (χ1n) is 7.06. The number of methoxy groups -OCH3 is 1. The second-order valence-corrected chi connectivity index (χ2v) is 5.98. The van der Waals surface area contributed by atoms with E-state index in [1.165, 1.54) is 11.3 Å². The van der Waals surface area contributed by atoms with Crippen molar-refractivity contribution in [1.82, 2.24) is 0 Å². The molecule has 0 saturated heterocycles. The van der Waals surface area contributed by atoms with Gasteiger partial charge in [0.05, 0.1) is 7.11 Å². The van der Waals surface area contributed by atoms with Crippen LogP contribution in [0.15, 0.2) is 18.2 Å². The van der Waals surface area contributed by atoms with E-state index < -0.39 is 0 Å². The number of hydrogen-bond donors (Lipinski definition) is 1. The van der Waals surface area contributed by atoms with E-state index in [9.17, 15) is 0 Å². The van der Waals surface area contributed by atoms with Crippen LogP contribution in [0, 0.1) is 5.92 Å². The first-order valence-corrected chi connectivity index (χ1v) is 7.06. The van der Waals surface area contributed by atoms with Gasteiger partial charge < -0.3 is 14.7 Å². The number of aliphatic hydroxyl groups is 1. The maximum Gasteiger partial charge on any atom is 0.120 e. The normalized spacial score (nSPS) is 21.1. The van der Waals surface area contributed by atoms with Gasteiger partial charge >= 0.3 is 0 Å². The lowest BCUT2D eigenvalue weighted by Crippen LogP contribution is -2.53. The third-order valence-corrected chi connectivity index (χ3v) is 4.55. The molecule has 1 heterocycles. The van der Waals surface area contributed by atoms with Gasteiger partial charge in [-0.05, 0) is 44.2 Å². The van der Waals surface area contributed by atoms with Gasteiger partial charge in [-0.3, -0.25) is 0 Å². The second kappa shape index (κ2) is 5.41. The minimum Gasteiger partial charge on any atom is -0.497 e. The summed E-state index contributed by atoms with van der Waals surface area (Å²) in [6.45, 7) is 8.00. The number of hydrogen-bond acceptors (Lipinski definition) is 3. The van der Waals surface area contributed by atoms with E-state index in [0.29, 0.717) is 5.92 Å². The first kappa shape index (κ1) is 14.2. The van der Waals surface area contributed by atoms with Gasteiger partial charge in [-0.15, -0.1) is 0 Å². The molecule has 1 aromatic carbocycles. The molecular weight excluding hydrogens is 238 g/mol. The van der Waals surface area contributed by atoms with Crippen LogP contribution < -0.4 is 9.64 Å². The molecular formula is C16H25NO2. The zero-order valence-corrected chi connectivity index (χ0v) is 12.4. The third kappa shape index (κ3) is 2.57. The molecule has 1 N–H and O–H groups in total. The highest BCUT2D eigenvalue weighted by Crippen LogP contribution is 2.41. The summed E-state index contributed by atoms with van der Waals surface area (Å²) in [4.78, 5) is 2.43. The van der Waals surface area contributed by atoms with Gasteiger partial charge in [0, 0.05) is 30.4 Å². The molecule has 2 rings (SSSR count). The van der Waals surface area contributed by atoms with Crippen molar-refractivity contribution in [3.63, 3.8) is 0 Å². The first-order chi connectivity index (χ1) is 9.00. The number of aliphatic hydroxyl groups excluding tert-OH is 1. The maximum atomic E-state index is 9.13. The molecule has 3 nitrogen and oxygen atoms in total.